The van der Waals surface area contributed by atoms with E-state index in [9.17, 15) is 9.59 Å². The van der Waals surface area contributed by atoms with Gasteiger partial charge in [0.05, 0.1) is 6.61 Å². The minimum atomic E-state index is 0.169. The summed E-state index contributed by atoms with van der Waals surface area (Å²) in [6.07, 6.45) is 4.48. The van der Waals surface area contributed by atoms with Crippen LogP contribution in [0.1, 0.15) is 32.1 Å². The molecule has 3 rings (SSSR count). The van der Waals surface area contributed by atoms with Crippen molar-refractivity contribution < 1.29 is 14.3 Å². The van der Waals surface area contributed by atoms with Crippen LogP contribution in [0.2, 0.25) is 0 Å². The molecule has 0 aromatic heterocycles. The Hall–Kier alpha value is -2.04. The molecule has 0 bridgehead atoms. The summed E-state index contributed by atoms with van der Waals surface area (Å²) in [5.74, 6) is 1.56. The highest BCUT2D eigenvalue weighted by atomic mass is 16.5. The lowest BCUT2D eigenvalue weighted by Gasteiger charge is -2.38. The van der Waals surface area contributed by atoms with Gasteiger partial charge in [0.1, 0.15) is 5.75 Å². The first-order valence-corrected chi connectivity index (χ1v) is 8.98. The summed E-state index contributed by atoms with van der Waals surface area (Å²) >= 11 is 0. The Morgan fingerprint density at radius 1 is 1.00 bits per heavy atom. The lowest BCUT2D eigenvalue weighted by atomic mass is 9.84. The number of rotatable bonds is 6. The van der Waals surface area contributed by atoms with Crippen LogP contribution in [0.3, 0.4) is 0 Å². The van der Waals surface area contributed by atoms with Gasteiger partial charge in [0, 0.05) is 38.5 Å². The van der Waals surface area contributed by atoms with E-state index < -0.39 is 0 Å². The first-order valence-electron chi connectivity index (χ1n) is 8.98. The van der Waals surface area contributed by atoms with Crippen molar-refractivity contribution in [3.05, 3.63) is 30.3 Å². The smallest absolute Gasteiger partial charge is 0.225 e. The number of benzene rings is 1. The van der Waals surface area contributed by atoms with Gasteiger partial charge in [-0.3, -0.25) is 9.59 Å². The molecule has 2 aliphatic rings. The van der Waals surface area contributed by atoms with Gasteiger partial charge >= 0.3 is 0 Å². The van der Waals surface area contributed by atoms with Crippen molar-refractivity contribution in [1.29, 1.82) is 0 Å². The Morgan fingerprint density at radius 3 is 2.29 bits per heavy atom. The molecule has 1 heterocycles. The fraction of sp³-hybridized carbons (Fsp3) is 0.579. The van der Waals surface area contributed by atoms with Crippen LogP contribution in [0.5, 0.6) is 5.75 Å². The SMILES string of the molecule is O=C(CCCOc1ccccc1)N1CCN(C(=O)C2CCC2)CC1. The van der Waals surface area contributed by atoms with E-state index in [1.807, 2.05) is 40.1 Å². The summed E-state index contributed by atoms with van der Waals surface area (Å²) in [6, 6.07) is 9.65. The molecular formula is C19H26N2O3. The van der Waals surface area contributed by atoms with Gasteiger partial charge in [-0.1, -0.05) is 24.6 Å². The Kier molecular flexibility index (Phi) is 5.72. The second kappa shape index (κ2) is 8.18. The molecule has 5 nitrogen and oxygen atoms in total. The number of piperazine rings is 1. The molecule has 1 aliphatic carbocycles. The van der Waals surface area contributed by atoms with E-state index in [4.69, 9.17) is 4.74 Å². The molecule has 1 saturated heterocycles. The highest BCUT2D eigenvalue weighted by molar-refractivity contribution is 5.80. The van der Waals surface area contributed by atoms with Crippen molar-refractivity contribution in [1.82, 2.24) is 9.80 Å². The highest BCUT2D eigenvalue weighted by Crippen LogP contribution is 2.28. The zero-order chi connectivity index (χ0) is 16.8. The highest BCUT2D eigenvalue weighted by Gasteiger charge is 2.31. The summed E-state index contributed by atoms with van der Waals surface area (Å²) in [4.78, 5) is 28.3. The molecule has 0 spiro atoms. The third-order valence-corrected chi connectivity index (χ3v) is 4.95. The Morgan fingerprint density at radius 2 is 1.67 bits per heavy atom. The number of nitrogens with zero attached hydrogens (tertiary/aromatic N) is 2. The Balaban J connectivity index is 1.32. The van der Waals surface area contributed by atoms with Gasteiger partial charge < -0.3 is 14.5 Å². The van der Waals surface area contributed by atoms with E-state index in [1.165, 1.54) is 6.42 Å². The molecule has 1 aliphatic heterocycles. The standard InChI is InChI=1S/C19H26N2O3/c22-18(10-5-15-24-17-8-2-1-3-9-17)20-11-13-21(14-12-20)19(23)16-6-4-7-16/h1-3,8-9,16H,4-7,10-15H2. The van der Waals surface area contributed by atoms with E-state index in [2.05, 4.69) is 0 Å². The van der Waals surface area contributed by atoms with E-state index in [1.54, 1.807) is 0 Å². The third-order valence-electron chi connectivity index (χ3n) is 4.95. The maximum absolute atomic E-state index is 12.3. The molecule has 0 atom stereocenters. The lowest BCUT2D eigenvalue weighted by molar-refractivity contribution is -0.144. The second-order valence-electron chi connectivity index (χ2n) is 6.60. The summed E-state index contributed by atoms with van der Waals surface area (Å²) in [7, 11) is 0. The Bertz CT molecular complexity index is 549. The van der Waals surface area contributed by atoms with Crippen LogP contribution < -0.4 is 4.74 Å². The van der Waals surface area contributed by atoms with Crippen molar-refractivity contribution in [2.75, 3.05) is 32.8 Å². The molecular weight excluding hydrogens is 304 g/mol. The van der Waals surface area contributed by atoms with E-state index >= 15 is 0 Å². The van der Waals surface area contributed by atoms with Gasteiger partial charge in [0.2, 0.25) is 11.8 Å². The van der Waals surface area contributed by atoms with Crippen LogP contribution in [-0.2, 0) is 9.59 Å². The normalized spacial score (nSPS) is 18.2. The monoisotopic (exact) mass is 330 g/mol. The molecule has 2 fully saturated rings. The van der Waals surface area contributed by atoms with Crippen molar-refractivity contribution in [2.45, 2.75) is 32.1 Å². The summed E-state index contributed by atoms with van der Waals surface area (Å²) in [5, 5.41) is 0. The molecule has 0 N–H and O–H groups in total. The van der Waals surface area contributed by atoms with Gasteiger partial charge in [-0.2, -0.15) is 0 Å². The molecule has 24 heavy (non-hydrogen) atoms. The molecule has 1 aromatic rings. The maximum atomic E-state index is 12.3. The van der Waals surface area contributed by atoms with Crippen molar-refractivity contribution in [3.63, 3.8) is 0 Å². The van der Waals surface area contributed by atoms with Crippen LogP contribution in [0.15, 0.2) is 30.3 Å². The molecule has 1 aromatic carbocycles. The minimum Gasteiger partial charge on any atom is -0.494 e. The predicted molar refractivity (Wildman–Crippen MR) is 91.7 cm³/mol. The quantitative estimate of drug-likeness (QED) is 0.752. The molecule has 2 amide bonds. The minimum absolute atomic E-state index is 0.169. The first kappa shape index (κ1) is 16.8. The average Bonchev–Trinajstić information content (AvgIpc) is 2.58. The zero-order valence-electron chi connectivity index (χ0n) is 14.2. The fourth-order valence-electron chi connectivity index (χ4n) is 3.18. The fourth-order valence-corrected chi connectivity index (χ4v) is 3.18. The van der Waals surface area contributed by atoms with Crippen LogP contribution in [-0.4, -0.2) is 54.4 Å². The van der Waals surface area contributed by atoms with Crippen molar-refractivity contribution in [2.24, 2.45) is 5.92 Å². The molecule has 0 unspecified atom stereocenters. The number of hydrogen-bond acceptors (Lipinski definition) is 3. The number of amides is 2. The number of carbonyl (C=O) groups excluding carboxylic acids is 2. The van der Waals surface area contributed by atoms with Gasteiger partial charge in [-0.15, -0.1) is 0 Å². The largest absolute Gasteiger partial charge is 0.494 e. The van der Waals surface area contributed by atoms with Gasteiger partial charge in [-0.05, 0) is 31.4 Å². The third kappa shape index (κ3) is 4.28. The first-order chi connectivity index (χ1) is 11.7. The van der Waals surface area contributed by atoms with Crippen molar-refractivity contribution in [3.8, 4) is 5.75 Å². The topological polar surface area (TPSA) is 49.9 Å². The summed E-state index contributed by atoms with van der Waals surface area (Å²) < 4.78 is 5.61. The van der Waals surface area contributed by atoms with Crippen LogP contribution >= 0.6 is 0 Å². The van der Waals surface area contributed by atoms with Crippen LogP contribution in [0.4, 0.5) is 0 Å². The summed E-state index contributed by atoms with van der Waals surface area (Å²) in [6.45, 7) is 3.24. The van der Waals surface area contributed by atoms with E-state index in [0.29, 0.717) is 45.1 Å². The average molecular weight is 330 g/mol. The summed E-state index contributed by atoms with van der Waals surface area (Å²) in [5.41, 5.74) is 0. The van der Waals surface area contributed by atoms with Gasteiger partial charge in [-0.25, -0.2) is 0 Å². The number of carbonyl (C=O) groups is 2. The molecule has 5 heteroatoms. The second-order valence-corrected chi connectivity index (χ2v) is 6.60. The van der Waals surface area contributed by atoms with Gasteiger partial charge in [0.15, 0.2) is 0 Å². The zero-order valence-corrected chi connectivity index (χ0v) is 14.2. The number of ether oxygens (including phenoxy) is 1. The van der Waals surface area contributed by atoms with E-state index in [0.717, 1.165) is 25.0 Å². The lowest BCUT2D eigenvalue weighted by Crippen LogP contribution is -2.52. The van der Waals surface area contributed by atoms with Crippen molar-refractivity contribution >= 4 is 11.8 Å². The maximum Gasteiger partial charge on any atom is 0.225 e. The predicted octanol–water partition coefficient (Wildman–Crippen LogP) is 2.32. The van der Waals surface area contributed by atoms with Crippen LogP contribution in [0, 0.1) is 5.92 Å². The van der Waals surface area contributed by atoms with E-state index in [-0.39, 0.29) is 11.8 Å². The number of hydrogen-bond donors (Lipinski definition) is 0. The van der Waals surface area contributed by atoms with Gasteiger partial charge in [0.25, 0.3) is 0 Å². The molecule has 1 saturated carbocycles. The molecule has 130 valence electrons. The Labute approximate surface area is 143 Å². The number of para-hydroxylation sites is 1. The van der Waals surface area contributed by atoms with Crippen LogP contribution in [0.25, 0.3) is 0 Å². The molecule has 0 radical (unpaired) electrons.